The second kappa shape index (κ2) is 7.60. The summed E-state index contributed by atoms with van der Waals surface area (Å²) in [5.41, 5.74) is 0. The van der Waals surface area contributed by atoms with E-state index in [2.05, 4.69) is 6.58 Å². The summed E-state index contributed by atoms with van der Waals surface area (Å²) >= 11 is 0. The molecule has 1 unspecified atom stereocenters. The van der Waals surface area contributed by atoms with Gasteiger partial charge in [-0.05, 0) is 32.1 Å². The van der Waals surface area contributed by atoms with Crippen molar-refractivity contribution >= 4 is 6.29 Å². The first kappa shape index (κ1) is 12.4. The quantitative estimate of drug-likeness (QED) is 0.480. The first-order valence-corrected chi connectivity index (χ1v) is 5.68. The Labute approximate surface area is 91.4 Å². The Kier molecular flexibility index (Phi) is 6.28. The van der Waals surface area contributed by atoms with Crippen molar-refractivity contribution in [1.29, 1.82) is 0 Å². The lowest BCUT2D eigenvalue weighted by Gasteiger charge is -2.26. The van der Waals surface area contributed by atoms with Gasteiger partial charge in [0.2, 0.25) is 0 Å². The van der Waals surface area contributed by atoms with Crippen LogP contribution in [0.15, 0.2) is 12.7 Å². The molecule has 3 heteroatoms. The smallest absolute Gasteiger partial charge is 0.157 e. The van der Waals surface area contributed by atoms with Gasteiger partial charge in [0, 0.05) is 13.0 Å². The van der Waals surface area contributed by atoms with Gasteiger partial charge in [-0.15, -0.1) is 6.58 Å². The molecule has 3 nitrogen and oxygen atoms in total. The molecule has 0 amide bonds. The van der Waals surface area contributed by atoms with Crippen LogP contribution in [0.25, 0.3) is 0 Å². The Morgan fingerprint density at radius 1 is 1.53 bits per heavy atom. The average molecular weight is 212 g/mol. The van der Waals surface area contributed by atoms with Gasteiger partial charge < -0.3 is 14.3 Å². The lowest BCUT2D eigenvalue weighted by Crippen LogP contribution is -2.28. The summed E-state index contributed by atoms with van der Waals surface area (Å²) in [6, 6.07) is 0. The van der Waals surface area contributed by atoms with Crippen LogP contribution in [-0.2, 0) is 14.3 Å². The minimum Gasteiger partial charge on any atom is -0.353 e. The molecule has 1 rings (SSSR count). The van der Waals surface area contributed by atoms with Crippen molar-refractivity contribution < 1.29 is 14.3 Å². The van der Waals surface area contributed by atoms with Gasteiger partial charge in [-0.2, -0.15) is 0 Å². The molecule has 0 aromatic heterocycles. The molecule has 2 atom stereocenters. The molecule has 0 radical (unpaired) electrons. The maximum Gasteiger partial charge on any atom is 0.157 e. The molecular weight excluding hydrogens is 192 g/mol. The molecule has 0 bridgehead atoms. The molecule has 15 heavy (non-hydrogen) atoms. The predicted molar refractivity (Wildman–Crippen MR) is 58.6 cm³/mol. The summed E-state index contributed by atoms with van der Waals surface area (Å²) in [6.07, 6.45) is 8.05. The zero-order valence-electron chi connectivity index (χ0n) is 9.19. The summed E-state index contributed by atoms with van der Waals surface area (Å²) in [6.45, 7) is 4.44. The molecule has 0 spiro atoms. The maximum atomic E-state index is 10.5. The summed E-state index contributed by atoms with van der Waals surface area (Å²) in [5.74, 6) is 0. The number of carbonyl (C=O) groups is 1. The summed E-state index contributed by atoms with van der Waals surface area (Å²) in [4.78, 5) is 10.5. The fraction of sp³-hybridized carbons (Fsp3) is 0.750. The lowest BCUT2D eigenvalue weighted by molar-refractivity contribution is -0.189. The standard InChI is InChI=1S/C12H20O3/c1-2-3-6-11(8-9-13)15-12-7-4-5-10-14-12/h2,9,11-12H,1,3-8,10H2/t11?,12-/m1/s1. The van der Waals surface area contributed by atoms with Crippen molar-refractivity contribution in [1.82, 2.24) is 0 Å². The first-order valence-electron chi connectivity index (χ1n) is 5.68. The number of aldehydes is 1. The average Bonchev–Trinajstić information content (AvgIpc) is 2.28. The number of rotatable bonds is 7. The number of hydrogen-bond donors (Lipinski definition) is 0. The predicted octanol–water partition coefficient (Wildman–Crippen LogP) is 2.45. The number of allylic oxidation sites excluding steroid dienone is 1. The normalized spacial score (nSPS) is 23.3. The molecule has 1 heterocycles. The molecule has 0 aromatic rings. The largest absolute Gasteiger partial charge is 0.353 e. The fourth-order valence-electron chi connectivity index (χ4n) is 1.69. The van der Waals surface area contributed by atoms with Gasteiger partial charge in [-0.1, -0.05) is 6.08 Å². The zero-order chi connectivity index (χ0) is 10.9. The first-order chi connectivity index (χ1) is 7.36. The molecule has 1 saturated heterocycles. The monoisotopic (exact) mass is 212 g/mol. The third-order valence-electron chi connectivity index (χ3n) is 2.53. The van der Waals surface area contributed by atoms with Crippen molar-refractivity contribution in [3.8, 4) is 0 Å². The van der Waals surface area contributed by atoms with Crippen LogP contribution in [0.1, 0.15) is 38.5 Å². The summed E-state index contributed by atoms with van der Waals surface area (Å²) in [7, 11) is 0. The Bertz CT molecular complexity index is 185. The van der Waals surface area contributed by atoms with E-state index in [1.807, 2.05) is 6.08 Å². The van der Waals surface area contributed by atoms with Gasteiger partial charge in [-0.3, -0.25) is 0 Å². The highest BCUT2D eigenvalue weighted by molar-refractivity contribution is 5.50. The van der Waals surface area contributed by atoms with E-state index in [1.54, 1.807) is 0 Å². The van der Waals surface area contributed by atoms with Crippen LogP contribution in [0, 0.1) is 0 Å². The third kappa shape index (κ3) is 5.09. The third-order valence-corrected chi connectivity index (χ3v) is 2.53. The van der Waals surface area contributed by atoms with E-state index in [-0.39, 0.29) is 12.4 Å². The molecule has 1 aliphatic rings. The number of hydrogen-bond acceptors (Lipinski definition) is 3. The number of ether oxygens (including phenoxy) is 2. The van der Waals surface area contributed by atoms with E-state index >= 15 is 0 Å². The van der Waals surface area contributed by atoms with Gasteiger partial charge in [0.15, 0.2) is 6.29 Å². The highest BCUT2D eigenvalue weighted by atomic mass is 16.7. The maximum absolute atomic E-state index is 10.5. The molecule has 1 fully saturated rings. The van der Waals surface area contributed by atoms with Crippen LogP contribution in [0.4, 0.5) is 0 Å². The topological polar surface area (TPSA) is 35.5 Å². The van der Waals surface area contributed by atoms with Crippen LogP contribution in [0.5, 0.6) is 0 Å². The van der Waals surface area contributed by atoms with Gasteiger partial charge in [-0.25, -0.2) is 0 Å². The summed E-state index contributed by atoms with van der Waals surface area (Å²) < 4.78 is 11.2. The van der Waals surface area contributed by atoms with Gasteiger partial charge in [0.25, 0.3) is 0 Å². The van der Waals surface area contributed by atoms with Crippen LogP contribution in [-0.4, -0.2) is 25.3 Å². The molecular formula is C12H20O3. The molecule has 86 valence electrons. The van der Waals surface area contributed by atoms with E-state index in [0.717, 1.165) is 45.0 Å². The van der Waals surface area contributed by atoms with Crippen molar-refractivity contribution in [3.05, 3.63) is 12.7 Å². The SMILES string of the molecule is C=CCCC(CC=O)O[C@@H]1CCCCO1. The summed E-state index contributed by atoms with van der Waals surface area (Å²) in [5, 5.41) is 0. The highest BCUT2D eigenvalue weighted by Gasteiger charge is 2.18. The molecule has 0 saturated carbocycles. The molecule has 0 aliphatic carbocycles. The fourth-order valence-corrected chi connectivity index (χ4v) is 1.69. The minimum absolute atomic E-state index is 0.0106. The highest BCUT2D eigenvalue weighted by Crippen LogP contribution is 2.18. The van der Waals surface area contributed by atoms with E-state index in [0.29, 0.717) is 6.42 Å². The molecule has 0 aromatic carbocycles. The van der Waals surface area contributed by atoms with Crippen molar-refractivity contribution in [2.45, 2.75) is 50.9 Å². The Hall–Kier alpha value is -0.670. The second-order valence-electron chi connectivity index (χ2n) is 3.82. The van der Waals surface area contributed by atoms with Crippen LogP contribution in [0.3, 0.4) is 0 Å². The van der Waals surface area contributed by atoms with E-state index < -0.39 is 0 Å². The van der Waals surface area contributed by atoms with Crippen molar-refractivity contribution in [3.63, 3.8) is 0 Å². The van der Waals surface area contributed by atoms with Gasteiger partial charge >= 0.3 is 0 Å². The van der Waals surface area contributed by atoms with Gasteiger partial charge in [0.05, 0.1) is 6.10 Å². The van der Waals surface area contributed by atoms with E-state index in [1.165, 1.54) is 0 Å². The molecule has 1 aliphatic heterocycles. The van der Waals surface area contributed by atoms with Crippen LogP contribution in [0.2, 0.25) is 0 Å². The van der Waals surface area contributed by atoms with E-state index in [4.69, 9.17) is 9.47 Å². The molecule has 0 N–H and O–H groups in total. The zero-order valence-corrected chi connectivity index (χ0v) is 9.19. The number of carbonyl (C=O) groups excluding carboxylic acids is 1. The van der Waals surface area contributed by atoms with Crippen molar-refractivity contribution in [2.24, 2.45) is 0 Å². The minimum atomic E-state index is -0.103. The lowest BCUT2D eigenvalue weighted by atomic mass is 10.1. The van der Waals surface area contributed by atoms with Crippen LogP contribution < -0.4 is 0 Å². The Morgan fingerprint density at radius 2 is 2.40 bits per heavy atom. The Balaban J connectivity index is 2.27. The Morgan fingerprint density at radius 3 is 3.00 bits per heavy atom. The van der Waals surface area contributed by atoms with Crippen molar-refractivity contribution in [2.75, 3.05) is 6.61 Å². The van der Waals surface area contributed by atoms with Gasteiger partial charge in [0.1, 0.15) is 6.29 Å². The second-order valence-corrected chi connectivity index (χ2v) is 3.82. The van der Waals surface area contributed by atoms with Crippen LogP contribution >= 0.6 is 0 Å². The van der Waals surface area contributed by atoms with E-state index in [9.17, 15) is 4.79 Å².